The highest BCUT2D eigenvalue weighted by Crippen LogP contribution is 2.33. The molecular formula is C17H16N2O3. The number of nitrogens with one attached hydrogen (secondary N) is 2. The highest BCUT2D eigenvalue weighted by molar-refractivity contribution is 6.05. The molecule has 4 rings (SSSR count). The number of rotatable bonds is 2. The maximum atomic E-state index is 12.5. The highest BCUT2D eigenvalue weighted by atomic mass is 16.7. The molecule has 0 saturated carbocycles. The summed E-state index contributed by atoms with van der Waals surface area (Å²) in [4.78, 5) is 12.5. The first-order valence-corrected chi connectivity index (χ1v) is 7.38. The van der Waals surface area contributed by atoms with Crippen molar-refractivity contribution >= 4 is 17.3 Å². The van der Waals surface area contributed by atoms with Gasteiger partial charge in [-0.1, -0.05) is 6.07 Å². The van der Waals surface area contributed by atoms with Gasteiger partial charge >= 0.3 is 0 Å². The quantitative estimate of drug-likeness (QED) is 0.894. The number of ether oxygens (including phenoxy) is 2. The van der Waals surface area contributed by atoms with Crippen molar-refractivity contribution in [2.24, 2.45) is 0 Å². The zero-order valence-electron chi connectivity index (χ0n) is 12.0. The lowest BCUT2D eigenvalue weighted by molar-refractivity contribution is 0.102. The topological polar surface area (TPSA) is 59.6 Å². The molecular weight excluding hydrogens is 280 g/mol. The first-order chi connectivity index (χ1) is 10.8. The molecule has 2 N–H and O–H groups in total. The summed E-state index contributed by atoms with van der Waals surface area (Å²) < 4.78 is 10.6. The summed E-state index contributed by atoms with van der Waals surface area (Å²) in [7, 11) is 0. The molecule has 22 heavy (non-hydrogen) atoms. The SMILES string of the molecule is O=C(Nc1cccc2c1CCCN2)c1ccc2c(c1)OCO2. The summed E-state index contributed by atoms with van der Waals surface area (Å²) in [6, 6.07) is 11.2. The van der Waals surface area contributed by atoms with E-state index in [4.69, 9.17) is 9.47 Å². The normalized spacial score (nSPS) is 14.9. The molecule has 0 radical (unpaired) electrons. The van der Waals surface area contributed by atoms with Crippen molar-refractivity contribution in [2.75, 3.05) is 24.0 Å². The van der Waals surface area contributed by atoms with Gasteiger partial charge in [0.05, 0.1) is 0 Å². The molecule has 2 heterocycles. The lowest BCUT2D eigenvalue weighted by Gasteiger charge is -2.21. The molecule has 1 amide bonds. The van der Waals surface area contributed by atoms with Crippen molar-refractivity contribution in [3.8, 4) is 11.5 Å². The van der Waals surface area contributed by atoms with Crippen LogP contribution in [0.5, 0.6) is 11.5 Å². The first kappa shape index (κ1) is 13.0. The summed E-state index contributed by atoms with van der Waals surface area (Å²) in [5.74, 6) is 1.15. The van der Waals surface area contributed by atoms with Crippen LogP contribution in [0.4, 0.5) is 11.4 Å². The van der Waals surface area contributed by atoms with E-state index in [1.54, 1.807) is 18.2 Å². The minimum atomic E-state index is -0.141. The lowest BCUT2D eigenvalue weighted by atomic mass is 10.0. The number of amides is 1. The molecule has 112 valence electrons. The van der Waals surface area contributed by atoms with Gasteiger partial charge in [0, 0.05) is 23.5 Å². The standard InChI is InChI=1S/C17H16N2O3/c20-17(11-6-7-15-16(9-11)22-10-21-15)19-14-5-1-4-13-12(14)3-2-8-18-13/h1,4-7,9,18H,2-3,8,10H2,(H,19,20). The molecule has 0 aliphatic carbocycles. The monoisotopic (exact) mass is 296 g/mol. The maximum Gasteiger partial charge on any atom is 0.255 e. The van der Waals surface area contributed by atoms with E-state index in [1.165, 1.54) is 5.56 Å². The molecule has 0 fully saturated rings. The van der Waals surface area contributed by atoms with Gasteiger partial charge in [0.2, 0.25) is 6.79 Å². The van der Waals surface area contributed by atoms with E-state index < -0.39 is 0 Å². The third-order valence-corrected chi connectivity index (χ3v) is 3.98. The molecule has 5 nitrogen and oxygen atoms in total. The summed E-state index contributed by atoms with van der Waals surface area (Å²) in [6.45, 7) is 1.19. The number of benzene rings is 2. The van der Waals surface area contributed by atoms with E-state index in [2.05, 4.69) is 10.6 Å². The van der Waals surface area contributed by atoms with E-state index in [-0.39, 0.29) is 12.7 Å². The lowest BCUT2D eigenvalue weighted by Crippen LogP contribution is -2.17. The molecule has 2 aliphatic rings. The average molecular weight is 296 g/mol. The minimum Gasteiger partial charge on any atom is -0.454 e. The van der Waals surface area contributed by atoms with Crippen molar-refractivity contribution in [2.45, 2.75) is 12.8 Å². The summed E-state index contributed by atoms with van der Waals surface area (Å²) >= 11 is 0. The van der Waals surface area contributed by atoms with Gasteiger partial charge in [-0.2, -0.15) is 0 Å². The summed E-state index contributed by atoms with van der Waals surface area (Å²) in [6.07, 6.45) is 2.05. The van der Waals surface area contributed by atoms with Crippen LogP contribution < -0.4 is 20.1 Å². The summed E-state index contributed by atoms with van der Waals surface area (Å²) in [5.41, 5.74) is 3.70. The first-order valence-electron chi connectivity index (χ1n) is 7.38. The second-order valence-corrected chi connectivity index (χ2v) is 5.38. The van der Waals surface area contributed by atoms with Crippen LogP contribution >= 0.6 is 0 Å². The summed E-state index contributed by atoms with van der Waals surface area (Å²) in [5, 5.41) is 6.36. The number of carbonyl (C=O) groups is 1. The minimum absolute atomic E-state index is 0.141. The number of fused-ring (bicyclic) bond motifs is 2. The maximum absolute atomic E-state index is 12.5. The molecule has 0 unspecified atom stereocenters. The molecule has 5 heteroatoms. The van der Waals surface area contributed by atoms with E-state index in [1.807, 2.05) is 18.2 Å². The fraction of sp³-hybridized carbons (Fsp3) is 0.235. The van der Waals surface area contributed by atoms with Crippen LogP contribution in [0.3, 0.4) is 0 Å². The highest BCUT2D eigenvalue weighted by Gasteiger charge is 2.18. The van der Waals surface area contributed by atoms with Crippen molar-refractivity contribution in [1.29, 1.82) is 0 Å². The molecule has 0 saturated heterocycles. The van der Waals surface area contributed by atoms with Gasteiger partial charge in [-0.15, -0.1) is 0 Å². The second-order valence-electron chi connectivity index (χ2n) is 5.38. The van der Waals surface area contributed by atoms with E-state index in [9.17, 15) is 4.79 Å². The van der Waals surface area contributed by atoms with Crippen LogP contribution in [-0.4, -0.2) is 19.2 Å². The van der Waals surface area contributed by atoms with Gasteiger partial charge in [-0.3, -0.25) is 4.79 Å². The van der Waals surface area contributed by atoms with Gasteiger partial charge < -0.3 is 20.1 Å². The Kier molecular flexibility index (Phi) is 3.11. The van der Waals surface area contributed by atoms with Crippen LogP contribution in [0.15, 0.2) is 36.4 Å². The smallest absolute Gasteiger partial charge is 0.255 e. The molecule has 2 aliphatic heterocycles. The molecule has 0 bridgehead atoms. The molecule has 0 aromatic heterocycles. The van der Waals surface area contributed by atoms with Crippen molar-refractivity contribution in [1.82, 2.24) is 0 Å². The average Bonchev–Trinajstić information content (AvgIpc) is 3.02. The van der Waals surface area contributed by atoms with Crippen LogP contribution in [0.1, 0.15) is 22.3 Å². The van der Waals surface area contributed by atoms with Crippen molar-refractivity contribution < 1.29 is 14.3 Å². The predicted molar refractivity (Wildman–Crippen MR) is 83.8 cm³/mol. The van der Waals surface area contributed by atoms with Crippen LogP contribution in [-0.2, 0) is 6.42 Å². The molecule has 2 aromatic rings. The van der Waals surface area contributed by atoms with E-state index in [0.717, 1.165) is 30.8 Å². The largest absolute Gasteiger partial charge is 0.454 e. The van der Waals surface area contributed by atoms with E-state index >= 15 is 0 Å². The fourth-order valence-corrected chi connectivity index (χ4v) is 2.86. The number of carbonyl (C=O) groups excluding carboxylic acids is 1. The zero-order chi connectivity index (χ0) is 14.9. The number of hydrogen-bond acceptors (Lipinski definition) is 4. The van der Waals surface area contributed by atoms with Crippen LogP contribution in [0.25, 0.3) is 0 Å². The van der Waals surface area contributed by atoms with Crippen LogP contribution in [0, 0.1) is 0 Å². The number of hydrogen-bond donors (Lipinski definition) is 2. The Morgan fingerprint density at radius 2 is 2.05 bits per heavy atom. The van der Waals surface area contributed by atoms with Gasteiger partial charge in [0.1, 0.15) is 0 Å². The van der Waals surface area contributed by atoms with Gasteiger partial charge in [0.15, 0.2) is 11.5 Å². The van der Waals surface area contributed by atoms with Crippen molar-refractivity contribution in [3.05, 3.63) is 47.5 Å². The zero-order valence-corrected chi connectivity index (χ0v) is 12.0. The van der Waals surface area contributed by atoms with Crippen LogP contribution in [0.2, 0.25) is 0 Å². The Hall–Kier alpha value is -2.69. The van der Waals surface area contributed by atoms with E-state index in [0.29, 0.717) is 17.1 Å². The Labute approximate surface area is 128 Å². The fourth-order valence-electron chi connectivity index (χ4n) is 2.86. The Morgan fingerprint density at radius 3 is 3.00 bits per heavy atom. The van der Waals surface area contributed by atoms with Gasteiger partial charge in [-0.25, -0.2) is 0 Å². The predicted octanol–water partition coefficient (Wildman–Crippen LogP) is 3.03. The van der Waals surface area contributed by atoms with Gasteiger partial charge in [0.25, 0.3) is 5.91 Å². The molecule has 2 aromatic carbocycles. The molecule has 0 atom stereocenters. The third kappa shape index (κ3) is 2.24. The number of anilines is 2. The Balaban J connectivity index is 1.60. The molecule has 0 spiro atoms. The Morgan fingerprint density at radius 1 is 1.14 bits per heavy atom. The Bertz CT molecular complexity index is 743. The second kappa shape index (κ2) is 5.26. The van der Waals surface area contributed by atoms with Gasteiger partial charge in [-0.05, 0) is 48.7 Å². The third-order valence-electron chi connectivity index (χ3n) is 3.98. The van der Waals surface area contributed by atoms with Crippen molar-refractivity contribution in [3.63, 3.8) is 0 Å².